The van der Waals surface area contributed by atoms with E-state index in [9.17, 15) is 9.90 Å². The highest BCUT2D eigenvalue weighted by atomic mass is 16.4. The second-order valence-electron chi connectivity index (χ2n) is 5.75. The third kappa shape index (κ3) is 1.68. The van der Waals surface area contributed by atoms with Crippen LogP contribution in [-0.2, 0) is 17.3 Å². The van der Waals surface area contributed by atoms with Gasteiger partial charge in [0.1, 0.15) is 0 Å². The summed E-state index contributed by atoms with van der Waals surface area (Å²) in [7, 11) is 2.03. The standard InChI is InChI=1S/C16H19NO2/c1-11-10-17(2)14-6-5-12(9-13(11)14)16(15(18)19)7-3-4-8-16/h5-6,9-10H,3-4,7-8H2,1-2H3,(H,18,19). The van der Waals surface area contributed by atoms with Crippen LogP contribution in [0.2, 0.25) is 0 Å². The van der Waals surface area contributed by atoms with Crippen LogP contribution in [0.4, 0.5) is 0 Å². The molecule has 0 saturated heterocycles. The normalized spacial score (nSPS) is 18.0. The maximum Gasteiger partial charge on any atom is 0.314 e. The van der Waals surface area contributed by atoms with Gasteiger partial charge in [0.2, 0.25) is 0 Å². The summed E-state index contributed by atoms with van der Waals surface area (Å²) in [6, 6.07) is 6.14. The number of aryl methyl sites for hydroxylation is 2. The Morgan fingerprint density at radius 3 is 2.63 bits per heavy atom. The minimum Gasteiger partial charge on any atom is -0.481 e. The highest BCUT2D eigenvalue weighted by Crippen LogP contribution is 2.42. The fraction of sp³-hybridized carbons (Fsp3) is 0.438. The molecule has 1 aromatic heterocycles. The van der Waals surface area contributed by atoms with Gasteiger partial charge < -0.3 is 9.67 Å². The minimum absolute atomic E-state index is 0.656. The van der Waals surface area contributed by atoms with Gasteiger partial charge in [0.05, 0.1) is 5.41 Å². The van der Waals surface area contributed by atoms with Gasteiger partial charge in [-0.05, 0) is 43.0 Å². The number of hydrogen-bond acceptors (Lipinski definition) is 1. The van der Waals surface area contributed by atoms with E-state index in [2.05, 4.69) is 29.8 Å². The first-order valence-corrected chi connectivity index (χ1v) is 6.84. The highest BCUT2D eigenvalue weighted by molar-refractivity contribution is 5.88. The van der Waals surface area contributed by atoms with Crippen molar-refractivity contribution in [2.45, 2.75) is 38.0 Å². The lowest BCUT2D eigenvalue weighted by atomic mass is 9.78. The van der Waals surface area contributed by atoms with Crippen LogP contribution in [0.25, 0.3) is 10.9 Å². The van der Waals surface area contributed by atoms with Crippen LogP contribution < -0.4 is 0 Å². The summed E-state index contributed by atoms with van der Waals surface area (Å²) < 4.78 is 2.09. The van der Waals surface area contributed by atoms with Crippen molar-refractivity contribution in [1.29, 1.82) is 0 Å². The summed E-state index contributed by atoms with van der Waals surface area (Å²) in [6.07, 6.45) is 5.65. The molecular weight excluding hydrogens is 238 g/mol. The Balaban J connectivity index is 2.20. The van der Waals surface area contributed by atoms with E-state index in [0.717, 1.165) is 31.2 Å². The summed E-state index contributed by atoms with van der Waals surface area (Å²) in [5, 5.41) is 10.8. The molecule has 3 rings (SSSR count). The first-order valence-electron chi connectivity index (χ1n) is 6.84. The zero-order valence-corrected chi connectivity index (χ0v) is 11.4. The quantitative estimate of drug-likeness (QED) is 0.896. The second-order valence-corrected chi connectivity index (χ2v) is 5.75. The van der Waals surface area contributed by atoms with Gasteiger partial charge in [-0.1, -0.05) is 18.9 Å². The van der Waals surface area contributed by atoms with Gasteiger partial charge in [-0.2, -0.15) is 0 Å². The van der Waals surface area contributed by atoms with E-state index in [1.807, 2.05) is 13.1 Å². The van der Waals surface area contributed by atoms with Gasteiger partial charge >= 0.3 is 5.97 Å². The molecule has 1 saturated carbocycles. The van der Waals surface area contributed by atoms with Gasteiger partial charge in [-0.25, -0.2) is 0 Å². The van der Waals surface area contributed by atoms with E-state index >= 15 is 0 Å². The molecule has 0 aliphatic heterocycles. The Labute approximate surface area is 112 Å². The monoisotopic (exact) mass is 257 g/mol. The van der Waals surface area contributed by atoms with E-state index in [1.54, 1.807) is 0 Å². The maximum absolute atomic E-state index is 11.7. The predicted octanol–water partition coefficient (Wildman–Crippen LogP) is 3.38. The molecule has 2 aromatic rings. The van der Waals surface area contributed by atoms with Crippen molar-refractivity contribution in [1.82, 2.24) is 4.57 Å². The van der Waals surface area contributed by atoms with Crippen molar-refractivity contribution in [2.75, 3.05) is 0 Å². The van der Waals surface area contributed by atoms with Crippen molar-refractivity contribution in [2.24, 2.45) is 7.05 Å². The second kappa shape index (κ2) is 4.12. The number of aliphatic carboxylic acids is 1. The Morgan fingerprint density at radius 1 is 1.32 bits per heavy atom. The Morgan fingerprint density at radius 2 is 2.00 bits per heavy atom. The first kappa shape index (κ1) is 12.3. The average molecular weight is 257 g/mol. The largest absolute Gasteiger partial charge is 0.481 e. The molecule has 100 valence electrons. The fourth-order valence-electron chi connectivity index (χ4n) is 3.49. The van der Waals surface area contributed by atoms with Gasteiger partial charge in [-0.15, -0.1) is 0 Å². The highest BCUT2D eigenvalue weighted by Gasteiger charge is 2.42. The molecule has 0 bridgehead atoms. The predicted molar refractivity (Wildman–Crippen MR) is 75.4 cm³/mol. The molecule has 1 aliphatic carbocycles. The minimum atomic E-state index is -0.669. The van der Waals surface area contributed by atoms with E-state index in [0.29, 0.717) is 0 Å². The Hall–Kier alpha value is -1.77. The van der Waals surface area contributed by atoms with Crippen molar-refractivity contribution in [3.63, 3.8) is 0 Å². The summed E-state index contributed by atoms with van der Waals surface area (Å²) in [5.41, 5.74) is 2.69. The molecule has 19 heavy (non-hydrogen) atoms. The van der Waals surface area contributed by atoms with Crippen LogP contribution in [0.5, 0.6) is 0 Å². The SMILES string of the molecule is Cc1cn(C)c2ccc(C3(C(=O)O)CCCC3)cc12. The lowest BCUT2D eigenvalue weighted by molar-refractivity contribution is -0.143. The molecule has 3 heteroatoms. The topological polar surface area (TPSA) is 42.2 Å². The van der Waals surface area contributed by atoms with Crippen LogP contribution >= 0.6 is 0 Å². The van der Waals surface area contributed by atoms with Crippen molar-refractivity contribution in [3.05, 3.63) is 35.5 Å². The summed E-state index contributed by atoms with van der Waals surface area (Å²) in [5.74, 6) is -0.669. The van der Waals surface area contributed by atoms with E-state index in [4.69, 9.17) is 0 Å². The molecule has 0 amide bonds. The van der Waals surface area contributed by atoms with E-state index < -0.39 is 11.4 Å². The van der Waals surface area contributed by atoms with E-state index in [1.165, 1.54) is 16.5 Å². The van der Waals surface area contributed by atoms with Crippen LogP contribution in [-0.4, -0.2) is 15.6 Å². The lowest BCUT2D eigenvalue weighted by Gasteiger charge is -2.24. The first-order chi connectivity index (χ1) is 9.04. The van der Waals surface area contributed by atoms with Crippen LogP contribution in [0.1, 0.15) is 36.8 Å². The molecule has 0 unspecified atom stereocenters. The number of aromatic nitrogens is 1. The zero-order chi connectivity index (χ0) is 13.6. The maximum atomic E-state index is 11.7. The number of rotatable bonds is 2. The van der Waals surface area contributed by atoms with Gasteiger partial charge in [0, 0.05) is 24.1 Å². The van der Waals surface area contributed by atoms with Crippen LogP contribution in [0, 0.1) is 6.92 Å². The van der Waals surface area contributed by atoms with Gasteiger partial charge in [0.15, 0.2) is 0 Å². The number of benzene rings is 1. The molecule has 1 aliphatic rings. The third-order valence-electron chi connectivity index (χ3n) is 4.61. The summed E-state index contributed by atoms with van der Waals surface area (Å²) >= 11 is 0. The van der Waals surface area contributed by atoms with Crippen molar-refractivity contribution < 1.29 is 9.90 Å². The number of carbonyl (C=O) groups is 1. The molecule has 3 nitrogen and oxygen atoms in total. The Kier molecular flexibility index (Phi) is 2.66. The van der Waals surface area contributed by atoms with Crippen LogP contribution in [0.3, 0.4) is 0 Å². The van der Waals surface area contributed by atoms with Crippen molar-refractivity contribution in [3.8, 4) is 0 Å². The van der Waals surface area contributed by atoms with E-state index in [-0.39, 0.29) is 0 Å². The van der Waals surface area contributed by atoms with Gasteiger partial charge in [0.25, 0.3) is 0 Å². The number of hydrogen-bond donors (Lipinski definition) is 1. The number of fused-ring (bicyclic) bond motifs is 1. The number of carboxylic acid groups (broad SMARTS) is 1. The lowest BCUT2D eigenvalue weighted by Crippen LogP contribution is -2.32. The summed E-state index contributed by atoms with van der Waals surface area (Å²) in [4.78, 5) is 11.7. The molecule has 1 aromatic carbocycles. The molecular formula is C16H19NO2. The number of nitrogens with zero attached hydrogens (tertiary/aromatic N) is 1. The smallest absolute Gasteiger partial charge is 0.314 e. The van der Waals surface area contributed by atoms with Gasteiger partial charge in [-0.3, -0.25) is 4.79 Å². The molecule has 0 spiro atoms. The molecule has 0 radical (unpaired) electrons. The molecule has 0 atom stereocenters. The van der Waals surface area contributed by atoms with Crippen LogP contribution in [0.15, 0.2) is 24.4 Å². The van der Waals surface area contributed by atoms with Crippen molar-refractivity contribution >= 4 is 16.9 Å². The third-order valence-corrected chi connectivity index (χ3v) is 4.61. The summed E-state index contributed by atoms with van der Waals surface area (Å²) in [6.45, 7) is 2.08. The molecule has 1 heterocycles. The Bertz CT molecular complexity index is 648. The fourth-order valence-corrected chi connectivity index (χ4v) is 3.49. The number of carboxylic acids is 1. The average Bonchev–Trinajstić information content (AvgIpc) is 2.97. The molecule has 1 fully saturated rings. The zero-order valence-electron chi connectivity index (χ0n) is 11.4. The molecule has 1 N–H and O–H groups in total.